The number of hydrogen-bond acceptors (Lipinski definition) is 6. The zero-order valence-electron chi connectivity index (χ0n) is 27.6. The summed E-state index contributed by atoms with van der Waals surface area (Å²) in [6, 6.07) is 9.75. The largest absolute Gasteiger partial charge is 0.461 e. The number of allylic oxidation sites excluding steroid dienone is 3. The summed E-state index contributed by atoms with van der Waals surface area (Å²) < 4.78 is 12.9. The van der Waals surface area contributed by atoms with E-state index in [1.807, 2.05) is 50.3 Å². The average molecular weight is 605 g/mol. The highest BCUT2D eigenvalue weighted by molar-refractivity contribution is 5.95. The maximum absolute atomic E-state index is 13.6. The molecule has 44 heavy (non-hydrogen) atoms. The molecule has 1 aromatic carbocycles. The van der Waals surface area contributed by atoms with Gasteiger partial charge in [-0.1, -0.05) is 82.7 Å². The molecule has 6 nitrogen and oxygen atoms in total. The molecule has 0 aromatic heterocycles. The van der Waals surface area contributed by atoms with E-state index in [0.717, 1.165) is 24.8 Å². The Balaban J connectivity index is 1.37. The van der Waals surface area contributed by atoms with E-state index in [2.05, 4.69) is 46.8 Å². The molecule has 5 aliphatic rings. The summed E-state index contributed by atoms with van der Waals surface area (Å²) in [5.41, 5.74) is 0.148. The predicted molar refractivity (Wildman–Crippen MR) is 169 cm³/mol. The van der Waals surface area contributed by atoms with Gasteiger partial charge in [0.25, 0.3) is 0 Å². The lowest BCUT2D eigenvalue weighted by Gasteiger charge is -2.66. The van der Waals surface area contributed by atoms with Crippen LogP contribution in [0.25, 0.3) is 0 Å². The highest BCUT2D eigenvalue weighted by Gasteiger charge is 2.69. The Bertz CT molecular complexity index is 1360. The van der Waals surface area contributed by atoms with Crippen molar-refractivity contribution in [2.24, 2.45) is 45.3 Å². The first-order valence-corrected chi connectivity index (χ1v) is 16.7. The number of fused-ring (bicyclic) bond motifs is 5. The lowest BCUT2D eigenvalue weighted by molar-refractivity contribution is -0.190. The van der Waals surface area contributed by atoms with Crippen LogP contribution in [-0.2, 0) is 25.5 Å². The molecule has 0 amide bonds. The number of rotatable bonds is 4. The third kappa shape index (κ3) is 4.69. The molecular weight excluding hydrogens is 552 g/mol. The van der Waals surface area contributed by atoms with E-state index in [-0.39, 0.29) is 58.8 Å². The second-order valence-corrected chi connectivity index (χ2v) is 16.4. The first-order valence-electron chi connectivity index (χ1n) is 16.7. The van der Waals surface area contributed by atoms with Gasteiger partial charge in [-0.2, -0.15) is 0 Å². The van der Waals surface area contributed by atoms with Gasteiger partial charge in [-0.15, -0.1) is 0 Å². The lowest BCUT2D eigenvalue weighted by Crippen LogP contribution is -2.64. The zero-order valence-corrected chi connectivity index (χ0v) is 27.6. The molecule has 2 saturated carbocycles. The Labute approximate surface area is 263 Å². The minimum atomic E-state index is -0.935. The second-order valence-electron chi connectivity index (χ2n) is 16.4. The molecule has 6 rings (SSSR count). The van der Waals surface area contributed by atoms with Crippen molar-refractivity contribution in [3.05, 3.63) is 59.7 Å². The molecule has 240 valence electrons. The summed E-state index contributed by atoms with van der Waals surface area (Å²) in [6.07, 6.45) is 8.45. The smallest absolute Gasteiger partial charge is 0.310 e. The molecule has 10 unspecified atom stereocenters. The molecule has 0 spiro atoms. The van der Waals surface area contributed by atoms with Crippen molar-refractivity contribution in [2.45, 2.75) is 111 Å². The number of carbonyl (C=O) groups is 2. The van der Waals surface area contributed by atoms with E-state index < -0.39 is 28.6 Å². The zero-order chi connectivity index (χ0) is 31.9. The molecule has 0 radical (unpaired) electrons. The number of esters is 1. The molecule has 1 aromatic rings. The van der Waals surface area contributed by atoms with E-state index in [1.165, 1.54) is 5.57 Å². The van der Waals surface area contributed by atoms with Crippen LogP contribution in [0, 0.1) is 45.3 Å². The van der Waals surface area contributed by atoms with Gasteiger partial charge in [-0.05, 0) is 92.1 Å². The van der Waals surface area contributed by atoms with Gasteiger partial charge >= 0.3 is 5.97 Å². The van der Waals surface area contributed by atoms with E-state index in [0.29, 0.717) is 19.4 Å². The summed E-state index contributed by atoms with van der Waals surface area (Å²) in [6.45, 7) is 15.4. The maximum Gasteiger partial charge on any atom is 0.310 e. The highest BCUT2D eigenvalue weighted by atomic mass is 16.5. The summed E-state index contributed by atoms with van der Waals surface area (Å²) in [4.78, 5) is 26.9. The Kier molecular flexibility index (Phi) is 7.66. The molecule has 1 aliphatic heterocycles. The van der Waals surface area contributed by atoms with E-state index >= 15 is 0 Å². The van der Waals surface area contributed by atoms with Gasteiger partial charge in [0.1, 0.15) is 12.2 Å². The topological polar surface area (TPSA) is 93.1 Å². The normalized spacial score (nSPS) is 44.1. The van der Waals surface area contributed by atoms with E-state index in [4.69, 9.17) is 9.47 Å². The van der Waals surface area contributed by atoms with Crippen LogP contribution in [-0.4, -0.2) is 52.5 Å². The van der Waals surface area contributed by atoms with Crippen LogP contribution in [0.4, 0.5) is 0 Å². The number of aliphatic hydroxyl groups is 2. The van der Waals surface area contributed by atoms with Crippen LogP contribution in [0.15, 0.2) is 54.1 Å². The molecule has 4 aliphatic carbocycles. The first kappa shape index (κ1) is 31.7. The van der Waals surface area contributed by atoms with Crippen LogP contribution in [0.3, 0.4) is 0 Å². The molecule has 10 atom stereocenters. The lowest BCUT2D eigenvalue weighted by atomic mass is 9.38. The average Bonchev–Trinajstić information content (AvgIpc) is 3.28. The van der Waals surface area contributed by atoms with E-state index in [9.17, 15) is 19.8 Å². The van der Waals surface area contributed by atoms with Crippen molar-refractivity contribution in [2.75, 3.05) is 6.61 Å². The van der Waals surface area contributed by atoms with Crippen LogP contribution >= 0.6 is 0 Å². The maximum atomic E-state index is 13.6. The van der Waals surface area contributed by atoms with Gasteiger partial charge in [-0.3, -0.25) is 9.59 Å². The minimum Gasteiger partial charge on any atom is -0.461 e. The van der Waals surface area contributed by atoms with Crippen molar-refractivity contribution >= 4 is 11.8 Å². The van der Waals surface area contributed by atoms with Gasteiger partial charge < -0.3 is 19.7 Å². The highest BCUT2D eigenvalue weighted by Crippen LogP contribution is 2.72. The molecule has 1 saturated heterocycles. The van der Waals surface area contributed by atoms with Crippen molar-refractivity contribution in [3.8, 4) is 0 Å². The number of ketones is 1. The molecule has 2 N–H and O–H groups in total. The van der Waals surface area contributed by atoms with E-state index in [1.54, 1.807) is 0 Å². The molecule has 0 bridgehead atoms. The predicted octanol–water partition coefficient (Wildman–Crippen LogP) is 6.24. The Morgan fingerprint density at radius 2 is 1.70 bits per heavy atom. The molecular formula is C38H52O6. The summed E-state index contributed by atoms with van der Waals surface area (Å²) in [5, 5.41) is 21.8. The fourth-order valence-corrected chi connectivity index (χ4v) is 10.8. The van der Waals surface area contributed by atoms with Crippen molar-refractivity contribution in [3.63, 3.8) is 0 Å². The van der Waals surface area contributed by atoms with Crippen molar-refractivity contribution < 1.29 is 29.3 Å². The Morgan fingerprint density at radius 3 is 2.41 bits per heavy atom. The van der Waals surface area contributed by atoms with Gasteiger partial charge in [0.2, 0.25) is 0 Å². The third-order valence-corrected chi connectivity index (χ3v) is 13.3. The number of benzene rings is 1. The summed E-state index contributed by atoms with van der Waals surface area (Å²) in [5.74, 6) is 0.516. The van der Waals surface area contributed by atoms with Gasteiger partial charge in [0.15, 0.2) is 5.78 Å². The fraction of sp³-hybridized carbons (Fsp3) is 0.684. The Morgan fingerprint density at radius 1 is 1.00 bits per heavy atom. The number of carbonyl (C=O) groups excluding carboxylic acids is 2. The molecule has 6 heteroatoms. The molecule has 3 fully saturated rings. The number of hydrogen-bond donors (Lipinski definition) is 2. The quantitative estimate of drug-likeness (QED) is 0.312. The minimum absolute atomic E-state index is 0.0522. The van der Waals surface area contributed by atoms with Crippen molar-refractivity contribution in [1.29, 1.82) is 0 Å². The summed E-state index contributed by atoms with van der Waals surface area (Å²) in [7, 11) is 0. The summed E-state index contributed by atoms with van der Waals surface area (Å²) >= 11 is 0. The van der Waals surface area contributed by atoms with Crippen molar-refractivity contribution in [1.82, 2.24) is 0 Å². The van der Waals surface area contributed by atoms with Crippen LogP contribution in [0.1, 0.15) is 86.1 Å². The Hall–Kier alpha value is -2.28. The van der Waals surface area contributed by atoms with Gasteiger partial charge in [0.05, 0.1) is 24.7 Å². The number of aliphatic hydroxyl groups excluding tert-OH is 2. The number of ether oxygens (including phenoxy) is 2. The third-order valence-electron chi connectivity index (χ3n) is 13.3. The second kappa shape index (κ2) is 10.6. The van der Waals surface area contributed by atoms with Crippen LogP contribution < -0.4 is 0 Å². The SMILES string of the molecule is CC1(C)OCC(C2CC=C3C2(C)CCC2C4(C)C=CC(=O)C(C)(C)C4CC(OC(=O)Cc4ccccc4)C32C)CC(O)C1O. The first-order chi connectivity index (χ1) is 20.5. The van der Waals surface area contributed by atoms with Gasteiger partial charge in [0, 0.05) is 10.8 Å². The monoisotopic (exact) mass is 604 g/mol. The fourth-order valence-electron chi connectivity index (χ4n) is 10.8. The standard InChI is InChI=1S/C38H52O6/c1-34(2)29-21-31(44-32(41)19-23-11-9-8-10-12-23)38(7)27-14-13-25(24-20-26(39)33(42)35(3,4)43-22-24)36(27,5)17-15-28(38)37(29,6)18-16-30(34)40/h8-12,14,16,18,24-26,28-29,31,33,39,42H,13,15,17,19-22H2,1-7H3. The molecule has 1 heterocycles. The van der Waals surface area contributed by atoms with Crippen LogP contribution in [0.5, 0.6) is 0 Å². The van der Waals surface area contributed by atoms with Crippen LogP contribution in [0.2, 0.25) is 0 Å². The van der Waals surface area contributed by atoms with Gasteiger partial charge in [-0.25, -0.2) is 0 Å².